The summed E-state index contributed by atoms with van der Waals surface area (Å²) in [5.74, 6) is 0. The number of nitrogen functional groups attached to an aromatic ring is 1. The molecule has 1 aliphatic heterocycles. The van der Waals surface area contributed by atoms with Crippen LogP contribution in [-0.4, -0.2) is 36.1 Å². The molecule has 0 aromatic heterocycles. The third kappa shape index (κ3) is 2.78. The lowest BCUT2D eigenvalue weighted by molar-refractivity contribution is 0.0799. The summed E-state index contributed by atoms with van der Waals surface area (Å²) in [6, 6.07) is 8.78. The molecule has 1 aromatic rings. The van der Waals surface area contributed by atoms with Gasteiger partial charge in [-0.1, -0.05) is 0 Å². The Morgan fingerprint density at radius 2 is 1.72 bits per heavy atom. The smallest absolute Gasteiger partial charge is 0.0368 e. The molecule has 1 fully saturated rings. The number of piperazine rings is 1. The Kier molecular flexibility index (Phi) is 3.53. The van der Waals surface area contributed by atoms with E-state index in [2.05, 4.69) is 49.6 Å². The van der Waals surface area contributed by atoms with Crippen molar-refractivity contribution in [1.29, 1.82) is 0 Å². The van der Waals surface area contributed by atoms with E-state index in [1.165, 1.54) is 5.69 Å². The van der Waals surface area contributed by atoms with Gasteiger partial charge in [-0.25, -0.2) is 0 Å². The minimum Gasteiger partial charge on any atom is -0.399 e. The monoisotopic (exact) mass is 247 g/mol. The van der Waals surface area contributed by atoms with Crippen molar-refractivity contribution < 1.29 is 0 Å². The standard InChI is InChI=1S/C15H25N3/c1-12-11-17(9-10-18(12)15(2,3)4)14-7-5-13(16)6-8-14/h5-8,12H,9-11,16H2,1-4H3/t12-/m0/s1. The molecule has 1 atom stereocenters. The first-order valence-corrected chi connectivity index (χ1v) is 6.75. The second kappa shape index (κ2) is 4.81. The molecule has 0 amide bonds. The third-order valence-corrected chi connectivity index (χ3v) is 3.75. The van der Waals surface area contributed by atoms with Crippen molar-refractivity contribution in [2.24, 2.45) is 0 Å². The fraction of sp³-hybridized carbons (Fsp3) is 0.600. The molecular formula is C15H25N3. The second-order valence-electron chi connectivity index (χ2n) is 6.25. The zero-order valence-corrected chi connectivity index (χ0v) is 12.0. The first-order chi connectivity index (χ1) is 8.38. The molecule has 0 unspecified atom stereocenters. The summed E-state index contributed by atoms with van der Waals surface area (Å²) >= 11 is 0. The van der Waals surface area contributed by atoms with Crippen LogP contribution in [0.25, 0.3) is 0 Å². The molecule has 18 heavy (non-hydrogen) atoms. The van der Waals surface area contributed by atoms with Gasteiger partial charge >= 0.3 is 0 Å². The van der Waals surface area contributed by atoms with Crippen LogP contribution < -0.4 is 10.6 Å². The summed E-state index contributed by atoms with van der Waals surface area (Å²) in [5, 5.41) is 0. The fourth-order valence-electron chi connectivity index (χ4n) is 2.87. The molecule has 1 aromatic carbocycles. The number of hydrogen-bond donors (Lipinski definition) is 1. The number of anilines is 2. The maximum atomic E-state index is 5.74. The second-order valence-corrected chi connectivity index (χ2v) is 6.25. The normalized spacial score (nSPS) is 22.2. The molecule has 0 aliphatic carbocycles. The van der Waals surface area contributed by atoms with Gasteiger partial charge in [-0.15, -0.1) is 0 Å². The predicted molar refractivity (Wildman–Crippen MR) is 79.0 cm³/mol. The van der Waals surface area contributed by atoms with Crippen molar-refractivity contribution in [3.05, 3.63) is 24.3 Å². The van der Waals surface area contributed by atoms with Crippen molar-refractivity contribution in [2.75, 3.05) is 30.3 Å². The fourth-order valence-corrected chi connectivity index (χ4v) is 2.87. The van der Waals surface area contributed by atoms with Gasteiger partial charge in [0.1, 0.15) is 0 Å². The maximum absolute atomic E-state index is 5.74. The summed E-state index contributed by atoms with van der Waals surface area (Å²) in [6.07, 6.45) is 0. The zero-order chi connectivity index (χ0) is 13.3. The molecule has 3 nitrogen and oxygen atoms in total. The van der Waals surface area contributed by atoms with Gasteiger partial charge in [0, 0.05) is 42.6 Å². The minimum atomic E-state index is 0.257. The summed E-state index contributed by atoms with van der Waals surface area (Å²) in [6.45, 7) is 12.5. The van der Waals surface area contributed by atoms with E-state index in [0.717, 1.165) is 25.3 Å². The SMILES string of the molecule is C[C@H]1CN(c2ccc(N)cc2)CCN1C(C)(C)C. The lowest BCUT2D eigenvalue weighted by Crippen LogP contribution is -2.58. The Hall–Kier alpha value is -1.22. The minimum absolute atomic E-state index is 0.257. The van der Waals surface area contributed by atoms with Crippen LogP contribution in [0.2, 0.25) is 0 Å². The van der Waals surface area contributed by atoms with E-state index in [9.17, 15) is 0 Å². The van der Waals surface area contributed by atoms with Crippen LogP contribution in [-0.2, 0) is 0 Å². The van der Waals surface area contributed by atoms with Gasteiger partial charge < -0.3 is 10.6 Å². The van der Waals surface area contributed by atoms with Gasteiger partial charge in [0.2, 0.25) is 0 Å². The van der Waals surface area contributed by atoms with Gasteiger partial charge in [-0.3, -0.25) is 4.90 Å². The lowest BCUT2D eigenvalue weighted by atomic mass is 10.0. The zero-order valence-electron chi connectivity index (χ0n) is 12.0. The lowest BCUT2D eigenvalue weighted by Gasteiger charge is -2.47. The average Bonchev–Trinajstić information content (AvgIpc) is 2.28. The topological polar surface area (TPSA) is 32.5 Å². The first-order valence-electron chi connectivity index (χ1n) is 6.75. The van der Waals surface area contributed by atoms with Crippen molar-refractivity contribution in [3.63, 3.8) is 0 Å². The quantitative estimate of drug-likeness (QED) is 0.774. The van der Waals surface area contributed by atoms with E-state index in [1.54, 1.807) is 0 Å². The van der Waals surface area contributed by atoms with E-state index in [1.807, 2.05) is 12.1 Å². The van der Waals surface area contributed by atoms with Gasteiger partial charge in [-0.2, -0.15) is 0 Å². The van der Waals surface area contributed by atoms with E-state index in [4.69, 9.17) is 5.73 Å². The molecule has 3 heteroatoms. The van der Waals surface area contributed by atoms with Crippen LogP contribution >= 0.6 is 0 Å². The van der Waals surface area contributed by atoms with Crippen LogP contribution in [0.1, 0.15) is 27.7 Å². The highest BCUT2D eigenvalue weighted by Crippen LogP contribution is 2.24. The van der Waals surface area contributed by atoms with E-state index in [-0.39, 0.29) is 5.54 Å². The van der Waals surface area contributed by atoms with Crippen molar-refractivity contribution >= 4 is 11.4 Å². The molecular weight excluding hydrogens is 222 g/mol. The van der Waals surface area contributed by atoms with Crippen LogP contribution in [0.5, 0.6) is 0 Å². The molecule has 1 aliphatic rings. The van der Waals surface area contributed by atoms with E-state index in [0.29, 0.717) is 6.04 Å². The maximum Gasteiger partial charge on any atom is 0.0368 e. The molecule has 0 saturated carbocycles. The molecule has 2 N–H and O–H groups in total. The van der Waals surface area contributed by atoms with Crippen LogP contribution in [0, 0.1) is 0 Å². The van der Waals surface area contributed by atoms with E-state index >= 15 is 0 Å². The number of benzene rings is 1. The Labute approximate surface area is 111 Å². The molecule has 1 saturated heterocycles. The number of nitrogens with zero attached hydrogens (tertiary/aromatic N) is 2. The summed E-state index contributed by atoms with van der Waals surface area (Å²) < 4.78 is 0. The third-order valence-electron chi connectivity index (χ3n) is 3.75. The van der Waals surface area contributed by atoms with Crippen molar-refractivity contribution in [2.45, 2.75) is 39.3 Å². The summed E-state index contributed by atoms with van der Waals surface area (Å²) in [7, 11) is 0. The Balaban J connectivity index is 2.06. The van der Waals surface area contributed by atoms with Crippen LogP contribution in [0.4, 0.5) is 11.4 Å². The number of rotatable bonds is 1. The molecule has 0 radical (unpaired) electrons. The van der Waals surface area contributed by atoms with Crippen molar-refractivity contribution in [1.82, 2.24) is 4.90 Å². The molecule has 2 rings (SSSR count). The van der Waals surface area contributed by atoms with E-state index < -0.39 is 0 Å². The highest BCUT2D eigenvalue weighted by molar-refractivity contribution is 5.53. The molecule has 0 bridgehead atoms. The summed E-state index contributed by atoms with van der Waals surface area (Å²) in [5.41, 5.74) is 8.11. The highest BCUT2D eigenvalue weighted by atomic mass is 15.3. The number of nitrogens with two attached hydrogens (primary N) is 1. The largest absolute Gasteiger partial charge is 0.399 e. The Morgan fingerprint density at radius 1 is 1.11 bits per heavy atom. The Bertz CT molecular complexity index is 391. The van der Waals surface area contributed by atoms with Gasteiger partial charge in [0.25, 0.3) is 0 Å². The highest BCUT2D eigenvalue weighted by Gasteiger charge is 2.31. The van der Waals surface area contributed by atoms with Gasteiger partial charge in [-0.05, 0) is 52.0 Å². The average molecular weight is 247 g/mol. The van der Waals surface area contributed by atoms with Crippen LogP contribution in [0.3, 0.4) is 0 Å². The van der Waals surface area contributed by atoms with Gasteiger partial charge in [0.15, 0.2) is 0 Å². The number of hydrogen-bond acceptors (Lipinski definition) is 3. The van der Waals surface area contributed by atoms with Crippen LogP contribution in [0.15, 0.2) is 24.3 Å². The van der Waals surface area contributed by atoms with Crippen molar-refractivity contribution in [3.8, 4) is 0 Å². The predicted octanol–water partition coefficient (Wildman–Crippen LogP) is 2.58. The molecule has 1 heterocycles. The molecule has 100 valence electrons. The Morgan fingerprint density at radius 3 is 2.22 bits per heavy atom. The van der Waals surface area contributed by atoms with Gasteiger partial charge in [0.05, 0.1) is 0 Å². The first kappa shape index (κ1) is 13.2. The molecule has 0 spiro atoms. The summed E-state index contributed by atoms with van der Waals surface area (Å²) in [4.78, 5) is 5.03.